The molecule has 0 aliphatic rings. The van der Waals surface area contributed by atoms with Crippen LogP contribution in [0.15, 0.2) is 34.6 Å². The Balaban J connectivity index is 2.63. The molecule has 2 rings (SSSR count). The van der Waals surface area contributed by atoms with Gasteiger partial charge in [0.2, 0.25) is 0 Å². The van der Waals surface area contributed by atoms with E-state index in [1.807, 2.05) is 0 Å². The summed E-state index contributed by atoms with van der Waals surface area (Å²) in [5.41, 5.74) is -2.13. The highest BCUT2D eigenvalue weighted by molar-refractivity contribution is 5.33. The molecule has 0 aliphatic heterocycles. The molecule has 0 amide bonds. The first kappa shape index (κ1) is 21.7. The molecule has 152 valence electrons. The molecule has 0 N–H and O–H groups in total. The smallest absolute Gasteiger partial charge is 0.331 e. The van der Waals surface area contributed by atoms with Crippen LogP contribution in [0.3, 0.4) is 0 Å². The molecule has 0 aliphatic carbocycles. The van der Waals surface area contributed by atoms with Gasteiger partial charge in [-0.05, 0) is 30.4 Å². The monoisotopic (exact) mass is 403 g/mol. The summed E-state index contributed by atoms with van der Waals surface area (Å²) in [6.07, 6.45) is -3.18. The number of aryl methyl sites for hydroxylation is 1. The summed E-state index contributed by atoms with van der Waals surface area (Å²) in [6.45, 7) is 6.59. The fourth-order valence-corrected chi connectivity index (χ4v) is 3.08. The number of aromatic nitrogens is 1. The summed E-state index contributed by atoms with van der Waals surface area (Å²) >= 11 is 0. The largest absolute Gasteiger partial charge is 0.420 e. The Morgan fingerprint density at radius 1 is 1.14 bits per heavy atom. The molecule has 1 aromatic carbocycles. The first-order chi connectivity index (χ1) is 13.1. The highest BCUT2D eigenvalue weighted by Gasteiger charge is 2.38. The zero-order valence-corrected chi connectivity index (χ0v) is 15.3. The van der Waals surface area contributed by atoms with Crippen LogP contribution in [0.5, 0.6) is 0 Å². The van der Waals surface area contributed by atoms with E-state index in [0.29, 0.717) is 18.6 Å². The summed E-state index contributed by atoms with van der Waals surface area (Å²) in [4.78, 5) is 0. The Hall–Kier alpha value is -2.58. The van der Waals surface area contributed by atoms with E-state index >= 15 is 0 Å². The summed E-state index contributed by atoms with van der Waals surface area (Å²) in [7, 11) is 0. The van der Waals surface area contributed by atoms with Crippen LogP contribution in [0, 0.1) is 17.5 Å². The molecule has 0 spiro atoms. The van der Waals surface area contributed by atoms with Gasteiger partial charge in [-0.3, -0.25) is 0 Å². The topological polar surface area (TPSA) is 29.6 Å². The van der Waals surface area contributed by atoms with Crippen LogP contribution < -0.4 is 5.49 Å². The van der Waals surface area contributed by atoms with Gasteiger partial charge in [0.05, 0.1) is 0 Å². The van der Waals surface area contributed by atoms with Crippen molar-refractivity contribution in [2.24, 2.45) is 10.2 Å². The van der Waals surface area contributed by atoms with Crippen LogP contribution in [0.1, 0.15) is 42.9 Å². The van der Waals surface area contributed by atoms with Crippen molar-refractivity contribution in [3.8, 4) is 0 Å². The number of alkyl halides is 3. The maximum atomic E-state index is 13.9. The van der Waals surface area contributed by atoms with Crippen molar-refractivity contribution < 1.29 is 26.3 Å². The van der Waals surface area contributed by atoms with Crippen LogP contribution in [0.2, 0.25) is 0 Å². The average Bonchev–Trinajstić information content (AvgIpc) is 2.58. The molecule has 0 bridgehead atoms. The molecule has 3 nitrogen and oxygen atoms in total. The van der Waals surface area contributed by atoms with E-state index in [1.54, 1.807) is 6.92 Å². The normalized spacial score (nSPS) is 13.6. The molecule has 0 saturated heterocycles. The van der Waals surface area contributed by atoms with Gasteiger partial charge in [-0.2, -0.15) is 18.3 Å². The fourth-order valence-electron chi connectivity index (χ4n) is 3.08. The lowest BCUT2D eigenvalue weighted by Gasteiger charge is -2.21. The summed E-state index contributed by atoms with van der Waals surface area (Å²) < 4.78 is 83.7. The van der Waals surface area contributed by atoms with E-state index in [9.17, 15) is 26.3 Å². The van der Waals surface area contributed by atoms with E-state index < -0.39 is 46.2 Å². The minimum absolute atomic E-state index is 0.189. The molecule has 1 atom stereocenters. The first-order valence-corrected chi connectivity index (χ1v) is 8.53. The quantitative estimate of drug-likeness (QED) is 0.361. The van der Waals surface area contributed by atoms with Crippen molar-refractivity contribution in [2.75, 3.05) is 0 Å². The Bertz CT molecular complexity index is 907. The van der Waals surface area contributed by atoms with Crippen molar-refractivity contribution in [2.45, 2.75) is 45.3 Å². The second kappa shape index (κ2) is 8.62. The van der Waals surface area contributed by atoms with Gasteiger partial charge in [-0.15, -0.1) is 5.10 Å². The van der Waals surface area contributed by atoms with E-state index in [0.717, 1.165) is 0 Å². The number of rotatable bonds is 6. The Labute approximate surface area is 158 Å². The Kier molecular flexibility index (Phi) is 6.69. The zero-order valence-electron chi connectivity index (χ0n) is 15.3. The molecule has 1 unspecified atom stereocenters. The van der Waals surface area contributed by atoms with Gasteiger partial charge < -0.3 is 4.57 Å². The lowest BCUT2D eigenvalue weighted by atomic mass is 9.90. The standard InChI is InChI=1S/C19H19F6N3/c1-4-6-28-7-5-13(17(19(23,24)25)18(28)27-26-3)11(2)8-14-15(21)9-12(20)10-16(14)22/h5,7,9-11H,3-4,6,8H2,1-2H3/b27-18-. The maximum absolute atomic E-state index is 13.9. The predicted octanol–water partition coefficient (Wildman–Crippen LogP) is 5.20. The molecule has 28 heavy (non-hydrogen) atoms. The Morgan fingerprint density at radius 2 is 1.75 bits per heavy atom. The van der Waals surface area contributed by atoms with Crippen LogP contribution in [0.25, 0.3) is 0 Å². The molecule has 1 heterocycles. The van der Waals surface area contributed by atoms with Crippen LogP contribution in [0.4, 0.5) is 26.3 Å². The molecule has 0 radical (unpaired) electrons. The Morgan fingerprint density at radius 3 is 2.25 bits per heavy atom. The molecule has 1 aromatic heterocycles. The number of pyridine rings is 1. The SMILES string of the molecule is C=N/N=c1/c(C(F)(F)F)c(C(C)Cc2c(F)cc(F)cc2F)ccn1CCC. The number of hydrogen-bond donors (Lipinski definition) is 0. The number of nitrogens with zero attached hydrogens (tertiary/aromatic N) is 3. The predicted molar refractivity (Wildman–Crippen MR) is 93.3 cm³/mol. The van der Waals surface area contributed by atoms with E-state index in [4.69, 9.17) is 0 Å². The second-order valence-electron chi connectivity index (χ2n) is 6.36. The maximum Gasteiger partial charge on any atom is 0.420 e. The van der Waals surface area contributed by atoms with E-state index in [-0.39, 0.29) is 18.5 Å². The van der Waals surface area contributed by atoms with Crippen LogP contribution in [-0.4, -0.2) is 11.3 Å². The highest BCUT2D eigenvalue weighted by atomic mass is 19.4. The minimum Gasteiger partial charge on any atom is -0.331 e. The lowest BCUT2D eigenvalue weighted by Crippen LogP contribution is -2.32. The lowest BCUT2D eigenvalue weighted by molar-refractivity contribution is -0.140. The summed E-state index contributed by atoms with van der Waals surface area (Å²) in [5, 5.41) is 6.79. The van der Waals surface area contributed by atoms with Crippen LogP contribution in [-0.2, 0) is 19.1 Å². The molecule has 2 aromatic rings. The molecular formula is C19H19F6N3. The third kappa shape index (κ3) is 4.63. The van der Waals surface area contributed by atoms with Gasteiger partial charge in [0, 0.05) is 37.2 Å². The van der Waals surface area contributed by atoms with Crippen LogP contribution >= 0.6 is 0 Å². The van der Waals surface area contributed by atoms with E-state index in [2.05, 4.69) is 16.9 Å². The number of hydrogen-bond acceptors (Lipinski definition) is 2. The van der Waals surface area contributed by atoms with Gasteiger partial charge in [-0.25, -0.2) is 13.2 Å². The molecule has 0 fully saturated rings. The summed E-state index contributed by atoms with van der Waals surface area (Å²) in [5.74, 6) is -4.32. The van der Waals surface area contributed by atoms with Gasteiger partial charge in [0.25, 0.3) is 0 Å². The minimum atomic E-state index is -4.77. The van der Waals surface area contributed by atoms with Crippen molar-refractivity contribution >= 4 is 6.72 Å². The van der Waals surface area contributed by atoms with Gasteiger partial charge >= 0.3 is 6.18 Å². The van der Waals surface area contributed by atoms with Crippen molar-refractivity contribution in [3.05, 3.63) is 64.0 Å². The van der Waals surface area contributed by atoms with Gasteiger partial charge in [0.1, 0.15) is 23.0 Å². The average molecular weight is 403 g/mol. The number of halogens is 6. The van der Waals surface area contributed by atoms with Crippen molar-refractivity contribution in [3.63, 3.8) is 0 Å². The highest BCUT2D eigenvalue weighted by Crippen LogP contribution is 2.34. The third-order valence-corrected chi connectivity index (χ3v) is 4.28. The van der Waals surface area contributed by atoms with Crippen molar-refractivity contribution in [1.82, 2.24) is 4.57 Å². The van der Waals surface area contributed by atoms with Crippen molar-refractivity contribution in [1.29, 1.82) is 0 Å². The fraction of sp³-hybridized carbons (Fsp3) is 0.368. The molecule has 9 heteroatoms. The first-order valence-electron chi connectivity index (χ1n) is 8.53. The molecule has 0 saturated carbocycles. The zero-order chi connectivity index (χ0) is 21.1. The third-order valence-electron chi connectivity index (χ3n) is 4.28. The van der Waals surface area contributed by atoms with E-state index in [1.165, 1.54) is 23.8 Å². The van der Waals surface area contributed by atoms with Gasteiger partial charge in [-0.1, -0.05) is 13.8 Å². The number of benzene rings is 1. The summed E-state index contributed by atoms with van der Waals surface area (Å²) in [6, 6.07) is 2.25. The van der Waals surface area contributed by atoms with Gasteiger partial charge in [0.15, 0.2) is 5.49 Å². The second-order valence-corrected chi connectivity index (χ2v) is 6.36. The molecular weight excluding hydrogens is 384 g/mol.